The average molecular weight is 235 g/mol. The molecule has 0 fully saturated rings. The fraction of sp³-hybridized carbons (Fsp3) is 0.600. The van der Waals surface area contributed by atoms with Gasteiger partial charge in [-0.2, -0.15) is 0 Å². The second-order valence-electron chi connectivity index (χ2n) is 4.55. The smallest absolute Gasteiger partial charge is 0.0865 e. The lowest BCUT2D eigenvalue weighted by molar-refractivity contribution is -0.0385. The van der Waals surface area contributed by atoms with E-state index in [-0.39, 0.29) is 11.6 Å². The Labute approximate surface area is 105 Å². The van der Waals surface area contributed by atoms with Crippen molar-refractivity contribution >= 4 is 0 Å². The zero-order valence-corrected chi connectivity index (χ0v) is 11.5. The lowest BCUT2D eigenvalue weighted by atomic mass is 9.84. The molecule has 0 radical (unpaired) electrons. The van der Waals surface area contributed by atoms with Gasteiger partial charge < -0.3 is 10.5 Å². The van der Waals surface area contributed by atoms with Gasteiger partial charge in [0.05, 0.1) is 11.6 Å². The van der Waals surface area contributed by atoms with E-state index < -0.39 is 0 Å². The minimum Gasteiger partial charge on any atom is -0.376 e. The van der Waals surface area contributed by atoms with Crippen LogP contribution in [-0.2, 0) is 11.2 Å². The topological polar surface area (TPSA) is 35.2 Å². The van der Waals surface area contributed by atoms with Gasteiger partial charge in [-0.1, -0.05) is 45.0 Å². The molecular formula is C15H25NO. The molecule has 2 N–H and O–H groups in total. The van der Waals surface area contributed by atoms with E-state index in [0.717, 1.165) is 19.3 Å². The van der Waals surface area contributed by atoms with E-state index in [2.05, 4.69) is 45.0 Å². The van der Waals surface area contributed by atoms with Crippen LogP contribution in [0.4, 0.5) is 0 Å². The fourth-order valence-electron chi connectivity index (χ4n) is 2.42. The Morgan fingerprint density at radius 2 is 1.88 bits per heavy atom. The van der Waals surface area contributed by atoms with Crippen LogP contribution in [0.15, 0.2) is 24.3 Å². The van der Waals surface area contributed by atoms with Gasteiger partial charge in [0, 0.05) is 7.11 Å². The molecule has 2 nitrogen and oxygen atoms in total. The molecule has 0 saturated carbocycles. The van der Waals surface area contributed by atoms with Crippen molar-refractivity contribution in [3.05, 3.63) is 35.4 Å². The van der Waals surface area contributed by atoms with E-state index in [9.17, 15) is 0 Å². The Hall–Kier alpha value is -0.860. The zero-order valence-electron chi connectivity index (χ0n) is 11.5. The summed E-state index contributed by atoms with van der Waals surface area (Å²) >= 11 is 0. The molecule has 2 heteroatoms. The molecule has 0 aliphatic carbocycles. The van der Waals surface area contributed by atoms with Crippen LogP contribution < -0.4 is 5.73 Å². The summed E-state index contributed by atoms with van der Waals surface area (Å²) in [6.45, 7) is 6.43. The van der Waals surface area contributed by atoms with Crippen LogP contribution in [0.1, 0.15) is 50.8 Å². The van der Waals surface area contributed by atoms with Crippen LogP contribution in [0.5, 0.6) is 0 Å². The summed E-state index contributed by atoms with van der Waals surface area (Å²) in [5.41, 5.74) is 8.67. The Kier molecular flexibility index (Phi) is 5.16. The zero-order chi connectivity index (χ0) is 12.9. The van der Waals surface area contributed by atoms with E-state index in [0.29, 0.717) is 0 Å². The molecule has 1 aromatic carbocycles. The maximum atomic E-state index is 6.40. The molecule has 0 amide bonds. The van der Waals surface area contributed by atoms with Crippen molar-refractivity contribution in [2.24, 2.45) is 5.73 Å². The van der Waals surface area contributed by atoms with Gasteiger partial charge in [-0.25, -0.2) is 0 Å². The molecule has 1 rings (SSSR count). The minimum atomic E-state index is -0.244. The molecule has 0 bridgehead atoms. The second kappa shape index (κ2) is 6.18. The van der Waals surface area contributed by atoms with Gasteiger partial charge in [-0.15, -0.1) is 0 Å². The molecule has 1 atom stereocenters. The standard InChI is InChI=1S/C15H25NO/c1-5-12-9-8-10-13(11-12)14(16)15(6-2,7-3)17-4/h8-11,14H,5-7,16H2,1-4H3. The summed E-state index contributed by atoms with van der Waals surface area (Å²) < 4.78 is 5.70. The monoisotopic (exact) mass is 235 g/mol. The van der Waals surface area contributed by atoms with Gasteiger partial charge in [-0.3, -0.25) is 0 Å². The minimum absolute atomic E-state index is 0.0611. The summed E-state index contributed by atoms with van der Waals surface area (Å²) in [6.07, 6.45) is 2.90. The summed E-state index contributed by atoms with van der Waals surface area (Å²) in [4.78, 5) is 0. The molecular weight excluding hydrogens is 210 g/mol. The highest BCUT2D eigenvalue weighted by molar-refractivity contribution is 5.28. The van der Waals surface area contributed by atoms with Crippen molar-refractivity contribution in [2.75, 3.05) is 7.11 Å². The Balaban J connectivity index is 3.04. The van der Waals surface area contributed by atoms with Gasteiger partial charge in [-0.05, 0) is 30.4 Å². The number of benzene rings is 1. The van der Waals surface area contributed by atoms with Gasteiger partial charge in [0.15, 0.2) is 0 Å². The highest BCUT2D eigenvalue weighted by Gasteiger charge is 2.34. The van der Waals surface area contributed by atoms with E-state index >= 15 is 0 Å². The van der Waals surface area contributed by atoms with E-state index in [4.69, 9.17) is 10.5 Å². The normalized spacial score (nSPS) is 13.7. The summed E-state index contributed by atoms with van der Waals surface area (Å²) in [7, 11) is 1.76. The molecule has 0 aromatic heterocycles. The second-order valence-corrected chi connectivity index (χ2v) is 4.55. The molecule has 0 heterocycles. The lowest BCUT2D eigenvalue weighted by Crippen LogP contribution is -2.42. The number of hydrogen-bond acceptors (Lipinski definition) is 2. The molecule has 17 heavy (non-hydrogen) atoms. The number of rotatable bonds is 6. The SMILES string of the molecule is CCc1cccc(C(N)C(CC)(CC)OC)c1. The molecule has 0 aliphatic heterocycles. The van der Waals surface area contributed by atoms with Crippen molar-refractivity contribution < 1.29 is 4.74 Å². The van der Waals surface area contributed by atoms with Crippen molar-refractivity contribution in [3.63, 3.8) is 0 Å². The third-order valence-corrected chi connectivity index (χ3v) is 3.89. The molecule has 1 unspecified atom stereocenters. The number of nitrogens with two attached hydrogens (primary N) is 1. The van der Waals surface area contributed by atoms with Crippen LogP contribution in [0.2, 0.25) is 0 Å². The van der Waals surface area contributed by atoms with Gasteiger partial charge >= 0.3 is 0 Å². The first-order chi connectivity index (χ1) is 8.13. The molecule has 96 valence electrons. The Morgan fingerprint density at radius 3 is 2.35 bits per heavy atom. The Bertz CT molecular complexity index is 336. The largest absolute Gasteiger partial charge is 0.376 e. The third kappa shape index (κ3) is 2.88. The first kappa shape index (κ1) is 14.2. The number of methoxy groups -OCH3 is 1. The van der Waals surface area contributed by atoms with E-state index in [1.165, 1.54) is 11.1 Å². The number of aryl methyl sites for hydroxylation is 1. The quantitative estimate of drug-likeness (QED) is 0.819. The van der Waals surface area contributed by atoms with Gasteiger partial charge in [0.25, 0.3) is 0 Å². The van der Waals surface area contributed by atoms with Crippen LogP contribution >= 0.6 is 0 Å². The third-order valence-electron chi connectivity index (χ3n) is 3.89. The highest BCUT2D eigenvalue weighted by Crippen LogP contribution is 2.33. The molecule has 0 aliphatic rings. The van der Waals surface area contributed by atoms with Crippen molar-refractivity contribution in [2.45, 2.75) is 51.7 Å². The first-order valence-corrected chi connectivity index (χ1v) is 6.53. The van der Waals surface area contributed by atoms with Gasteiger partial charge in [0.2, 0.25) is 0 Å². The molecule has 0 spiro atoms. The van der Waals surface area contributed by atoms with Crippen molar-refractivity contribution in [3.8, 4) is 0 Å². The predicted molar refractivity (Wildman–Crippen MR) is 73.1 cm³/mol. The van der Waals surface area contributed by atoms with Crippen molar-refractivity contribution in [1.29, 1.82) is 0 Å². The average Bonchev–Trinajstić information content (AvgIpc) is 2.41. The summed E-state index contributed by atoms with van der Waals surface area (Å²) in [5, 5.41) is 0. The number of hydrogen-bond donors (Lipinski definition) is 1. The first-order valence-electron chi connectivity index (χ1n) is 6.53. The maximum absolute atomic E-state index is 6.40. The van der Waals surface area contributed by atoms with E-state index in [1.54, 1.807) is 7.11 Å². The summed E-state index contributed by atoms with van der Waals surface area (Å²) in [6, 6.07) is 8.46. The van der Waals surface area contributed by atoms with Crippen LogP contribution in [0, 0.1) is 0 Å². The van der Waals surface area contributed by atoms with Crippen LogP contribution in [0.25, 0.3) is 0 Å². The van der Waals surface area contributed by atoms with Crippen molar-refractivity contribution in [1.82, 2.24) is 0 Å². The maximum Gasteiger partial charge on any atom is 0.0865 e. The highest BCUT2D eigenvalue weighted by atomic mass is 16.5. The van der Waals surface area contributed by atoms with E-state index in [1.807, 2.05) is 0 Å². The van der Waals surface area contributed by atoms with Gasteiger partial charge in [0.1, 0.15) is 0 Å². The summed E-state index contributed by atoms with van der Waals surface area (Å²) in [5.74, 6) is 0. The number of ether oxygens (including phenoxy) is 1. The molecule has 0 saturated heterocycles. The van der Waals surface area contributed by atoms with Crippen LogP contribution in [0.3, 0.4) is 0 Å². The fourth-order valence-corrected chi connectivity index (χ4v) is 2.42. The van der Waals surface area contributed by atoms with Crippen LogP contribution in [-0.4, -0.2) is 12.7 Å². The predicted octanol–water partition coefficient (Wildman–Crippen LogP) is 3.45. The lowest BCUT2D eigenvalue weighted by Gasteiger charge is -2.36. The molecule has 1 aromatic rings. The Morgan fingerprint density at radius 1 is 1.24 bits per heavy atom.